The van der Waals surface area contributed by atoms with Gasteiger partial charge in [0.05, 0.1) is 29.9 Å². The second kappa shape index (κ2) is 8.66. The lowest BCUT2D eigenvalue weighted by Gasteiger charge is -2.14. The summed E-state index contributed by atoms with van der Waals surface area (Å²) in [6, 6.07) is 9.14. The minimum Gasteiger partial charge on any atom is -0.449 e. The van der Waals surface area contributed by atoms with Gasteiger partial charge in [-0.1, -0.05) is 0 Å². The van der Waals surface area contributed by atoms with Gasteiger partial charge in [-0.3, -0.25) is 4.98 Å². The highest BCUT2D eigenvalue weighted by molar-refractivity contribution is 6.35. The smallest absolute Gasteiger partial charge is 0.434 e. The van der Waals surface area contributed by atoms with Crippen LogP contribution in [0.4, 0.5) is 28.0 Å². The standard InChI is InChI=1S/C21H14ClF4N5O2/c1-2-33-20(32)31(22)12-5-6-15(23)14(10-12)17-11-30-18(28-17)8-7-16(29-30)13-4-3-9-27-19(13)21(24,25)26/h3-11H,2H2,1H3. The van der Waals surface area contributed by atoms with Crippen LogP contribution >= 0.6 is 11.8 Å². The van der Waals surface area contributed by atoms with Crippen molar-refractivity contribution in [3.63, 3.8) is 0 Å². The van der Waals surface area contributed by atoms with Crippen molar-refractivity contribution in [2.75, 3.05) is 11.0 Å². The van der Waals surface area contributed by atoms with E-state index in [1.165, 1.54) is 47.1 Å². The van der Waals surface area contributed by atoms with E-state index < -0.39 is 23.8 Å². The molecule has 0 radical (unpaired) electrons. The van der Waals surface area contributed by atoms with Crippen molar-refractivity contribution in [3.8, 4) is 22.5 Å². The van der Waals surface area contributed by atoms with Crippen molar-refractivity contribution in [3.05, 3.63) is 66.4 Å². The van der Waals surface area contributed by atoms with Crippen molar-refractivity contribution >= 4 is 29.2 Å². The number of hydrogen-bond donors (Lipinski definition) is 0. The molecule has 170 valence electrons. The van der Waals surface area contributed by atoms with Gasteiger partial charge in [0.1, 0.15) is 5.82 Å². The van der Waals surface area contributed by atoms with Crippen LogP contribution in [0.25, 0.3) is 28.2 Å². The van der Waals surface area contributed by atoms with Gasteiger partial charge < -0.3 is 4.74 Å². The van der Waals surface area contributed by atoms with Gasteiger partial charge in [0.2, 0.25) is 0 Å². The van der Waals surface area contributed by atoms with E-state index in [0.717, 1.165) is 12.3 Å². The molecule has 12 heteroatoms. The van der Waals surface area contributed by atoms with Crippen LogP contribution in [0.3, 0.4) is 0 Å². The SMILES string of the molecule is CCOC(=O)N(Cl)c1ccc(F)c(-c2cn3nc(-c4cccnc4C(F)(F)F)ccc3n2)c1. The van der Waals surface area contributed by atoms with Gasteiger partial charge in [0.25, 0.3) is 0 Å². The van der Waals surface area contributed by atoms with Gasteiger partial charge in [-0.05, 0) is 49.4 Å². The third-order valence-electron chi connectivity index (χ3n) is 4.55. The van der Waals surface area contributed by atoms with E-state index in [1.807, 2.05) is 0 Å². The maximum Gasteiger partial charge on any atom is 0.434 e. The number of carbonyl (C=O) groups excluding carboxylic acids is 1. The Balaban J connectivity index is 1.75. The number of benzene rings is 1. The predicted octanol–water partition coefficient (Wildman–Crippen LogP) is 5.73. The average Bonchev–Trinajstić information content (AvgIpc) is 3.21. The van der Waals surface area contributed by atoms with E-state index in [4.69, 9.17) is 16.5 Å². The topological polar surface area (TPSA) is 72.6 Å². The molecular formula is C21H14ClF4N5O2. The van der Waals surface area contributed by atoms with Gasteiger partial charge in [0, 0.05) is 29.1 Å². The summed E-state index contributed by atoms with van der Waals surface area (Å²) in [7, 11) is 0. The van der Waals surface area contributed by atoms with Crippen LogP contribution in [0.15, 0.2) is 54.9 Å². The first-order valence-electron chi connectivity index (χ1n) is 9.50. The van der Waals surface area contributed by atoms with E-state index in [0.29, 0.717) is 4.42 Å². The number of fused-ring (bicyclic) bond motifs is 1. The molecule has 0 aliphatic heterocycles. The van der Waals surface area contributed by atoms with E-state index in [2.05, 4.69) is 15.1 Å². The number of alkyl halides is 3. The van der Waals surface area contributed by atoms with Crippen LogP contribution in [-0.4, -0.2) is 32.3 Å². The summed E-state index contributed by atoms with van der Waals surface area (Å²) in [5, 5.41) is 4.19. The van der Waals surface area contributed by atoms with Crippen molar-refractivity contribution in [2.45, 2.75) is 13.1 Å². The van der Waals surface area contributed by atoms with E-state index in [-0.39, 0.29) is 40.5 Å². The average molecular weight is 480 g/mol. The predicted molar refractivity (Wildman–Crippen MR) is 112 cm³/mol. The van der Waals surface area contributed by atoms with Crippen molar-refractivity contribution in [2.24, 2.45) is 0 Å². The van der Waals surface area contributed by atoms with Crippen LogP contribution in [0.5, 0.6) is 0 Å². The highest BCUT2D eigenvalue weighted by atomic mass is 35.5. The molecule has 4 rings (SSSR count). The largest absolute Gasteiger partial charge is 0.449 e. The minimum absolute atomic E-state index is 0.00635. The Hall–Kier alpha value is -3.73. The van der Waals surface area contributed by atoms with Crippen molar-refractivity contribution < 1.29 is 27.1 Å². The molecule has 1 amide bonds. The fraction of sp³-hybridized carbons (Fsp3) is 0.143. The fourth-order valence-corrected chi connectivity index (χ4v) is 3.26. The quantitative estimate of drug-likeness (QED) is 0.276. The molecule has 0 fully saturated rings. The summed E-state index contributed by atoms with van der Waals surface area (Å²) in [4.78, 5) is 19.6. The molecular weight excluding hydrogens is 466 g/mol. The summed E-state index contributed by atoms with van der Waals surface area (Å²) in [6.07, 6.45) is -3.10. The molecule has 4 aromatic rings. The molecule has 0 bridgehead atoms. The minimum atomic E-state index is -4.66. The Kier molecular flexibility index (Phi) is 5.90. The number of halogens is 5. The number of ether oxygens (including phenoxy) is 1. The van der Waals surface area contributed by atoms with E-state index in [1.54, 1.807) is 6.92 Å². The zero-order valence-electron chi connectivity index (χ0n) is 16.8. The second-order valence-electron chi connectivity index (χ2n) is 6.69. The summed E-state index contributed by atoms with van der Waals surface area (Å²) >= 11 is 5.97. The molecule has 0 aliphatic carbocycles. The molecule has 0 saturated heterocycles. The molecule has 33 heavy (non-hydrogen) atoms. The lowest BCUT2D eigenvalue weighted by molar-refractivity contribution is -0.140. The highest BCUT2D eigenvalue weighted by Crippen LogP contribution is 2.35. The van der Waals surface area contributed by atoms with Crippen LogP contribution in [0.2, 0.25) is 0 Å². The Morgan fingerprint density at radius 3 is 2.67 bits per heavy atom. The molecule has 1 aromatic carbocycles. The molecule has 0 saturated carbocycles. The summed E-state index contributed by atoms with van der Waals surface area (Å²) in [6.45, 7) is 1.71. The molecule has 0 spiro atoms. The Labute approximate surface area is 189 Å². The lowest BCUT2D eigenvalue weighted by atomic mass is 10.1. The van der Waals surface area contributed by atoms with E-state index in [9.17, 15) is 22.4 Å². The van der Waals surface area contributed by atoms with Crippen LogP contribution in [0.1, 0.15) is 12.6 Å². The summed E-state index contributed by atoms with van der Waals surface area (Å²) in [5.41, 5.74) is -0.719. The number of anilines is 1. The third-order valence-corrected chi connectivity index (χ3v) is 4.89. The number of aromatic nitrogens is 4. The fourth-order valence-electron chi connectivity index (χ4n) is 3.11. The number of pyridine rings is 1. The maximum atomic E-state index is 14.5. The number of imidazole rings is 1. The zero-order chi connectivity index (χ0) is 23.8. The van der Waals surface area contributed by atoms with Crippen LogP contribution in [-0.2, 0) is 10.9 Å². The Morgan fingerprint density at radius 1 is 1.15 bits per heavy atom. The van der Waals surface area contributed by atoms with Gasteiger partial charge in [0.15, 0.2) is 11.3 Å². The lowest BCUT2D eigenvalue weighted by Crippen LogP contribution is -2.21. The number of carbonyl (C=O) groups is 1. The molecule has 0 aliphatic rings. The normalized spacial score (nSPS) is 11.6. The number of rotatable bonds is 4. The van der Waals surface area contributed by atoms with Gasteiger partial charge in [-0.2, -0.15) is 22.7 Å². The van der Waals surface area contributed by atoms with Gasteiger partial charge in [-0.15, -0.1) is 0 Å². The molecule has 7 nitrogen and oxygen atoms in total. The van der Waals surface area contributed by atoms with Crippen molar-refractivity contribution in [1.82, 2.24) is 19.6 Å². The monoisotopic (exact) mass is 479 g/mol. The van der Waals surface area contributed by atoms with Gasteiger partial charge >= 0.3 is 12.3 Å². The van der Waals surface area contributed by atoms with Crippen molar-refractivity contribution in [1.29, 1.82) is 0 Å². The molecule has 0 atom stereocenters. The second-order valence-corrected chi connectivity index (χ2v) is 7.03. The van der Waals surface area contributed by atoms with E-state index >= 15 is 0 Å². The number of amides is 1. The molecule has 0 unspecified atom stereocenters. The number of nitrogens with zero attached hydrogens (tertiary/aromatic N) is 5. The van der Waals surface area contributed by atoms with Gasteiger partial charge in [-0.25, -0.2) is 18.7 Å². The molecule has 3 heterocycles. The first-order chi connectivity index (χ1) is 15.7. The Morgan fingerprint density at radius 2 is 1.94 bits per heavy atom. The van der Waals surface area contributed by atoms with Crippen LogP contribution < -0.4 is 4.42 Å². The summed E-state index contributed by atoms with van der Waals surface area (Å²) < 4.78 is 61.3. The number of hydrogen-bond acceptors (Lipinski definition) is 5. The first-order valence-corrected chi connectivity index (χ1v) is 9.84. The molecule has 0 N–H and O–H groups in total. The molecule has 3 aromatic heterocycles. The Bertz CT molecular complexity index is 1340. The zero-order valence-corrected chi connectivity index (χ0v) is 17.6. The maximum absolute atomic E-state index is 14.5. The summed E-state index contributed by atoms with van der Waals surface area (Å²) in [5.74, 6) is -0.650. The highest BCUT2D eigenvalue weighted by Gasteiger charge is 2.35. The third kappa shape index (κ3) is 4.44. The van der Waals surface area contributed by atoms with Crippen LogP contribution in [0, 0.1) is 5.82 Å². The first kappa shape index (κ1) is 22.5.